The molecule has 2 aromatic carbocycles. The van der Waals surface area contributed by atoms with E-state index in [2.05, 4.69) is 29.3 Å². The summed E-state index contributed by atoms with van der Waals surface area (Å²) in [6.45, 7) is 3.32. The first-order chi connectivity index (χ1) is 25.3. The fourth-order valence-electron chi connectivity index (χ4n) is 7.69. The summed E-state index contributed by atoms with van der Waals surface area (Å²) in [6, 6.07) is 14.3. The molecule has 0 radical (unpaired) electrons. The van der Waals surface area contributed by atoms with Crippen LogP contribution in [0.15, 0.2) is 71.8 Å². The van der Waals surface area contributed by atoms with Crippen LogP contribution in [-0.2, 0) is 11.2 Å². The van der Waals surface area contributed by atoms with Crippen LogP contribution in [0.3, 0.4) is 0 Å². The van der Waals surface area contributed by atoms with Crippen LogP contribution in [0.4, 0.5) is 0 Å². The molecule has 2 bridgehead atoms. The number of hydrogen-bond donors (Lipinski definition) is 9. The van der Waals surface area contributed by atoms with Gasteiger partial charge in [0, 0.05) is 24.9 Å². The topological polar surface area (TPSA) is 191 Å². The van der Waals surface area contributed by atoms with Crippen molar-refractivity contribution in [2.75, 3.05) is 13.2 Å². The van der Waals surface area contributed by atoms with Crippen molar-refractivity contribution in [1.29, 1.82) is 0 Å². The molecule has 2 aliphatic rings. The minimum Gasteiger partial charge on any atom is -0.508 e. The number of hydrogen-bond acceptors (Lipinski definition) is 9. The molecule has 0 saturated heterocycles. The van der Waals surface area contributed by atoms with Crippen LogP contribution in [0.2, 0.25) is 0 Å². The third-order valence-corrected chi connectivity index (χ3v) is 10.8. The van der Waals surface area contributed by atoms with Crippen LogP contribution in [0.1, 0.15) is 107 Å². The maximum absolute atomic E-state index is 12.2. The third-order valence-electron chi connectivity index (χ3n) is 10.8. The molecule has 1 aliphatic carbocycles. The van der Waals surface area contributed by atoms with Gasteiger partial charge in [0.15, 0.2) is 0 Å². The summed E-state index contributed by atoms with van der Waals surface area (Å²) < 4.78 is 0. The molecule has 0 saturated carbocycles. The Morgan fingerprint density at radius 1 is 1.00 bits per heavy atom. The van der Waals surface area contributed by atoms with Gasteiger partial charge in [-0.3, -0.25) is 4.79 Å². The van der Waals surface area contributed by atoms with Crippen molar-refractivity contribution >= 4 is 5.97 Å². The molecule has 10 heteroatoms. The van der Waals surface area contributed by atoms with Crippen LogP contribution < -0.4 is 5.32 Å². The zero-order valence-electron chi connectivity index (χ0n) is 31.1. The van der Waals surface area contributed by atoms with E-state index in [9.17, 15) is 45.6 Å². The predicted octanol–water partition coefficient (Wildman–Crippen LogP) is 4.45. The Morgan fingerprint density at radius 3 is 2.43 bits per heavy atom. The van der Waals surface area contributed by atoms with E-state index < -0.39 is 54.6 Å². The second kappa shape index (κ2) is 20.2. The molecule has 0 aromatic heterocycles. The molecule has 9 N–H and O–H groups in total. The average Bonchev–Trinajstić information content (AvgIpc) is 3.14. The van der Waals surface area contributed by atoms with Crippen molar-refractivity contribution in [2.24, 2.45) is 5.92 Å². The molecule has 1 heterocycles. The largest absolute Gasteiger partial charge is 0.508 e. The molecule has 0 spiro atoms. The molecule has 9 unspecified atom stereocenters. The van der Waals surface area contributed by atoms with Crippen LogP contribution in [0.25, 0.3) is 0 Å². The Hall–Kier alpha value is -3.53. The summed E-state index contributed by atoms with van der Waals surface area (Å²) in [4.78, 5) is 11.3. The van der Waals surface area contributed by atoms with E-state index in [1.807, 2.05) is 25.1 Å². The maximum atomic E-state index is 12.2. The Morgan fingerprint density at radius 2 is 1.74 bits per heavy atom. The lowest BCUT2D eigenvalue weighted by Gasteiger charge is -2.39. The van der Waals surface area contributed by atoms with Crippen molar-refractivity contribution in [3.63, 3.8) is 0 Å². The minimum absolute atomic E-state index is 0.0747. The van der Waals surface area contributed by atoms with Crippen LogP contribution in [0.5, 0.6) is 5.75 Å². The monoisotopic (exact) mass is 733 g/mol. The number of unbranched alkanes of at least 4 members (excludes halogenated alkanes) is 1. The summed E-state index contributed by atoms with van der Waals surface area (Å²) in [5.41, 5.74) is 3.03. The lowest BCUT2D eigenvalue weighted by Crippen LogP contribution is -2.50. The van der Waals surface area contributed by atoms with Crippen molar-refractivity contribution in [3.05, 3.63) is 88.5 Å². The van der Waals surface area contributed by atoms with Crippen molar-refractivity contribution in [3.8, 4) is 17.6 Å². The first kappa shape index (κ1) is 42.2. The van der Waals surface area contributed by atoms with E-state index in [0.29, 0.717) is 38.5 Å². The van der Waals surface area contributed by atoms with Gasteiger partial charge in [-0.15, -0.1) is 0 Å². The summed E-state index contributed by atoms with van der Waals surface area (Å²) in [7, 11) is 0. The Labute approximate surface area is 313 Å². The number of β-amino-alcohol motifs (C(OH)–C–C–N with tert-alkyl or cyclic N) is 1. The van der Waals surface area contributed by atoms with Crippen LogP contribution >= 0.6 is 0 Å². The SMILES string of the molecule is CCCCC(O)C(O)C=CC1=C(CC(O)CO)C2NCC(C)(O)C(c3ccc(O)cc3)C#CC(CC2CCC(O)CCC(=O)O)c2ccccc2CC1. The number of benzene rings is 2. The van der Waals surface area contributed by atoms with Gasteiger partial charge in [0.25, 0.3) is 0 Å². The van der Waals surface area contributed by atoms with Crippen molar-refractivity contribution in [1.82, 2.24) is 5.32 Å². The van der Waals surface area contributed by atoms with E-state index in [4.69, 9.17) is 0 Å². The van der Waals surface area contributed by atoms with Crippen molar-refractivity contribution in [2.45, 2.75) is 132 Å². The van der Waals surface area contributed by atoms with Crippen molar-refractivity contribution < 1.29 is 45.6 Å². The number of rotatable bonds is 16. The molecule has 0 fully saturated rings. The van der Waals surface area contributed by atoms with Gasteiger partial charge in [-0.05, 0) is 104 Å². The number of aliphatic hydroxyl groups is 6. The number of aliphatic carboxylic acids is 1. The van der Waals surface area contributed by atoms with E-state index in [0.717, 1.165) is 40.7 Å². The zero-order valence-corrected chi connectivity index (χ0v) is 31.1. The molecule has 4 rings (SSSR count). The van der Waals surface area contributed by atoms with E-state index in [1.54, 1.807) is 37.3 Å². The number of aliphatic hydroxyl groups excluding tert-OH is 5. The number of aromatic hydroxyl groups is 1. The van der Waals surface area contributed by atoms with E-state index in [1.165, 1.54) is 0 Å². The molecular weight excluding hydrogens is 674 g/mol. The van der Waals surface area contributed by atoms with Gasteiger partial charge >= 0.3 is 5.97 Å². The Kier molecular flexibility index (Phi) is 16.1. The van der Waals surface area contributed by atoms with E-state index in [-0.39, 0.29) is 43.4 Å². The minimum atomic E-state index is -1.42. The van der Waals surface area contributed by atoms with Gasteiger partial charge in [-0.2, -0.15) is 0 Å². The van der Waals surface area contributed by atoms with Crippen LogP contribution in [-0.4, -0.2) is 96.0 Å². The number of carboxylic acids is 1. The molecule has 0 amide bonds. The molecule has 10 nitrogen and oxygen atoms in total. The number of carboxylic acid groups (broad SMARTS) is 1. The number of aryl methyl sites for hydroxylation is 1. The number of nitrogens with one attached hydrogen (secondary N) is 1. The summed E-state index contributed by atoms with van der Waals surface area (Å²) in [6.07, 6.45) is 3.94. The lowest BCUT2D eigenvalue weighted by atomic mass is 9.73. The van der Waals surface area contributed by atoms with Gasteiger partial charge < -0.3 is 46.2 Å². The molecule has 1 aliphatic heterocycles. The maximum Gasteiger partial charge on any atom is 0.303 e. The van der Waals surface area contributed by atoms with Gasteiger partial charge in [0.2, 0.25) is 0 Å². The highest BCUT2D eigenvalue weighted by Gasteiger charge is 2.38. The molecule has 9 atom stereocenters. The fraction of sp³-hybridized carbons (Fsp3) is 0.558. The highest BCUT2D eigenvalue weighted by Crippen LogP contribution is 2.39. The van der Waals surface area contributed by atoms with Gasteiger partial charge in [-0.25, -0.2) is 0 Å². The first-order valence-electron chi connectivity index (χ1n) is 19.1. The highest BCUT2D eigenvalue weighted by molar-refractivity contribution is 5.66. The summed E-state index contributed by atoms with van der Waals surface area (Å²) in [5.74, 6) is 4.93. The molecule has 53 heavy (non-hydrogen) atoms. The summed E-state index contributed by atoms with van der Waals surface area (Å²) >= 11 is 0. The number of allylic oxidation sites excluding steroid dienone is 2. The quantitative estimate of drug-likeness (QED) is 0.111. The number of phenols is 1. The second-order valence-electron chi connectivity index (χ2n) is 15.1. The number of phenolic OH excluding ortho intramolecular Hbond substituents is 1. The fourth-order valence-corrected chi connectivity index (χ4v) is 7.69. The standard InChI is InChI=1S/C43H59NO9/c1-3-4-9-39(49)40(50)22-16-29-11-10-28-7-5-6-8-36(28)31-15-21-38(30-12-17-33(46)18-13-30)43(2,53)27-44-42(37(29)25-35(48)26-45)32(24-31)14-19-34(47)20-23-41(51)52/h5-8,12-13,16-18,22,31-32,34-35,38-40,42,44-50,53H,3-4,9-11,14,19-20,23-27H2,1-2H3,(H,51,52). The molecule has 290 valence electrons. The number of fused-ring (bicyclic) bond motifs is 5. The zero-order chi connectivity index (χ0) is 38.5. The Balaban J connectivity index is 1.93. The summed E-state index contributed by atoms with van der Waals surface area (Å²) in [5, 5.41) is 88.8. The lowest BCUT2D eigenvalue weighted by molar-refractivity contribution is -0.137. The van der Waals surface area contributed by atoms with Crippen LogP contribution in [0, 0.1) is 17.8 Å². The van der Waals surface area contributed by atoms with E-state index >= 15 is 0 Å². The first-order valence-corrected chi connectivity index (χ1v) is 19.1. The normalized spacial score (nSPS) is 25.9. The predicted molar refractivity (Wildman–Crippen MR) is 204 cm³/mol. The third kappa shape index (κ3) is 12.2. The smallest absolute Gasteiger partial charge is 0.303 e. The Bertz CT molecular complexity index is 1590. The molecule has 2 aromatic rings. The van der Waals surface area contributed by atoms with Gasteiger partial charge in [0.1, 0.15) is 5.75 Å². The highest BCUT2D eigenvalue weighted by atomic mass is 16.4. The van der Waals surface area contributed by atoms with Gasteiger partial charge in [0.05, 0.1) is 42.5 Å². The average molecular weight is 734 g/mol. The van der Waals surface area contributed by atoms with Gasteiger partial charge in [-0.1, -0.05) is 80.2 Å². The number of carbonyl (C=O) groups is 1. The second-order valence-corrected chi connectivity index (χ2v) is 15.1. The molecular formula is C43H59NO9.